The summed E-state index contributed by atoms with van der Waals surface area (Å²) >= 11 is 0. The molecule has 3 N–H and O–H groups in total. The summed E-state index contributed by atoms with van der Waals surface area (Å²) in [5.74, 6) is 0.793. The highest BCUT2D eigenvalue weighted by Crippen LogP contribution is 2.20. The largest absolute Gasteiger partial charge is 0.463 e. The number of hydrogen-bond donors (Lipinski definition) is 2. The van der Waals surface area contributed by atoms with E-state index in [1.54, 1.807) is 6.26 Å². The molecule has 0 fully saturated rings. The molecule has 4 rings (SSSR count). The molecule has 4 nitrogen and oxygen atoms in total. The van der Waals surface area contributed by atoms with Crippen molar-refractivity contribution in [1.29, 1.82) is 0 Å². The molecule has 0 bridgehead atoms. The second kappa shape index (κ2) is 9.72. The van der Waals surface area contributed by atoms with Crippen molar-refractivity contribution < 1.29 is 14.5 Å². The zero-order chi connectivity index (χ0) is 20.6. The predicted molar refractivity (Wildman–Crippen MR) is 118 cm³/mol. The van der Waals surface area contributed by atoms with Crippen LogP contribution in [-0.2, 0) is 11.2 Å². The molecule has 0 saturated carbocycles. The van der Waals surface area contributed by atoms with Gasteiger partial charge in [0, 0.05) is 11.3 Å². The lowest BCUT2D eigenvalue weighted by Gasteiger charge is -2.15. The SMILES string of the molecule is O=C(C[NH2+][C@@H](c1ccccc1)c1ccco1)Nc1ccccc1Cc1ccccc1. The van der Waals surface area contributed by atoms with E-state index in [1.807, 2.05) is 72.0 Å². The third kappa shape index (κ3) is 5.04. The van der Waals surface area contributed by atoms with Gasteiger partial charge in [0.05, 0.1) is 6.26 Å². The van der Waals surface area contributed by atoms with Crippen molar-refractivity contribution in [3.05, 3.63) is 126 Å². The monoisotopic (exact) mass is 397 g/mol. The number of nitrogens with one attached hydrogen (secondary N) is 1. The summed E-state index contributed by atoms with van der Waals surface area (Å²) in [7, 11) is 0. The molecule has 150 valence electrons. The highest BCUT2D eigenvalue weighted by Gasteiger charge is 2.21. The molecular formula is C26H25N2O2+. The molecule has 0 aliphatic rings. The summed E-state index contributed by atoms with van der Waals surface area (Å²) in [4.78, 5) is 12.7. The van der Waals surface area contributed by atoms with Crippen molar-refractivity contribution in [2.45, 2.75) is 12.5 Å². The lowest BCUT2D eigenvalue weighted by molar-refractivity contribution is -0.678. The Morgan fingerprint density at radius 2 is 1.53 bits per heavy atom. The first-order chi connectivity index (χ1) is 14.8. The average Bonchev–Trinajstić information content (AvgIpc) is 3.31. The van der Waals surface area contributed by atoms with E-state index in [0.717, 1.165) is 29.0 Å². The normalized spacial score (nSPS) is 11.7. The number of benzene rings is 3. The van der Waals surface area contributed by atoms with E-state index in [2.05, 4.69) is 35.6 Å². The van der Waals surface area contributed by atoms with Crippen LogP contribution in [0.4, 0.5) is 5.69 Å². The standard InChI is InChI=1S/C26H24N2O2/c29-25(19-27-26(24-16-9-17-30-24)21-12-5-2-6-13-21)28-23-15-8-7-14-22(23)18-20-10-3-1-4-11-20/h1-17,26-27H,18-19H2,(H,28,29)/p+1/t26-/m0/s1. The van der Waals surface area contributed by atoms with Crippen LogP contribution in [0.25, 0.3) is 0 Å². The Morgan fingerprint density at radius 3 is 2.27 bits per heavy atom. The van der Waals surface area contributed by atoms with Crippen LogP contribution in [0.15, 0.2) is 108 Å². The number of amides is 1. The quantitative estimate of drug-likeness (QED) is 0.469. The number of furan rings is 1. The lowest BCUT2D eigenvalue weighted by Crippen LogP contribution is -2.87. The van der Waals surface area contributed by atoms with Crippen molar-refractivity contribution in [2.24, 2.45) is 0 Å². The second-order valence-electron chi connectivity index (χ2n) is 7.21. The molecule has 0 radical (unpaired) electrons. The summed E-state index contributed by atoms with van der Waals surface area (Å²) in [6, 6.07) is 32.1. The van der Waals surface area contributed by atoms with Crippen molar-refractivity contribution in [3.63, 3.8) is 0 Å². The van der Waals surface area contributed by atoms with Crippen LogP contribution >= 0.6 is 0 Å². The van der Waals surface area contributed by atoms with Gasteiger partial charge in [-0.1, -0.05) is 78.9 Å². The zero-order valence-electron chi connectivity index (χ0n) is 16.7. The summed E-state index contributed by atoms with van der Waals surface area (Å²) in [6.07, 6.45) is 2.44. The van der Waals surface area contributed by atoms with Crippen LogP contribution in [0.5, 0.6) is 0 Å². The summed E-state index contributed by atoms with van der Waals surface area (Å²) < 4.78 is 5.62. The molecule has 3 aromatic carbocycles. The average molecular weight is 397 g/mol. The van der Waals surface area contributed by atoms with Crippen molar-refractivity contribution in [1.82, 2.24) is 0 Å². The maximum Gasteiger partial charge on any atom is 0.279 e. The Kier molecular flexibility index (Phi) is 6.38. The van der Waals surface area contributed by atoms with Crippen molar-refractivity contribution in [2.75, 3.05) is 11.9 Å². The van der Waals surface area contributed by atoms with Gasteiger partial charge in [-0.15, -0.1) is 0 Å². The third-order valence-corrected chi connectivity index (χ3v) is 5.08. The maximum atomic E-state index is 12.7. The number of quaternary nitrogens is 1. The van der Waals surface area contributed by atoms with Gasteiger partial charge in [-0.3, -0.25) is 4.79 Å². The minimum absolute atomic E-state index is 0.0389. The highest BCUT2D eigenvalue weighted by atomic mass is 16.3. The van der Waals surface area contributed by atoms with Gasteiger partial charge in [0.2, 0.25) is 0 Å². The molecule has 0 aliphatic carbocycles. The smallest absolute Gasteiger partial charge is 0.279 e. The van der Waals surface area contributed by atoms with E-state index in [1.165, 1.54) is 5.56 Å². The number of nitrogens with two attached hydrogens (primary N) is 1. The topological polar surface area (TPSA) is 58.9 Å². The molecule has 0 saturated heterocycles. The molecule has 4 heteroatoms. The fourth-order valence-electron chi connectivity index (χ4n) is 3.58. The third-order valence-electron chi connectivity index (χ3n) is 5.08. The number of anilines is 1. The van der Waals surface area contributed by atoms with E-state index >= 15 is 0 Å². The van der Waals surface area contributed by atoms with Crippen LogP contribution in [0, 0.1) is 0 Å². The molecule has 1 aromatic heterocycles. The number of carbonyl (C=O) groups is 1. The number of rotatable bonds is 8. The number of para-hydroxylation sites is 1. The lowest BCUT2D eigenvalue weighted by atomic mass is 10.0. The molecule has 0 unspecified atom stereocenters. The highest BCUT2D eigenvalue weighted by molar-refractivity contribution is 5.92. The van der Waals surface area contributed by atoms with E-state index in [4.69, 9.17) is 4.42 Å². The van der Waals surface area contributed by atoms with Gasteiger partial charge in [-0.2, -0.15) is 0 Å². The molecule has 30 heavy (non-hydrogen) atoms. The van der Waals surface area contributed by atoms with Gasteiger partial charge in [0.25, 0.3) is 5.91 Å². The summed E-state index contributed by atoms with van der Waals surface area (Å²) in [6.45, 7) is 0.292. The Labute approximate surface area is 176 Å². The molecule has 1 heterocycles. The van der Waals surface area contributed by atoms with E-state index in [0.29, 0.717) is 6.54 Å². The van der Waals surface area contributed by atoms with Gasteiger partial charge in [0.1, 0.15) is 0 Å². The second-order valence-corrected chi connectivity index (χ2v) is 7.21. The minimum Gasteiger partial charge on any atom is -0.463 e. The Hall–Kier alpha value is -3.63. The zero-order valence-corrected chi connectivity index (χ0v) is 16.7. The van der Waals surface area contributed by atoms with Crippen LogP contribution in [0.1, 0.15) is 28.5 Å². The Bertz CT molecular complexity index is 1060. The van der Waals surface area contributed by atoms with E-state index in [9.17, 15) is 4.79 Å². The molecule has 0 aliphatic heterocycles. The Balaban J connectivity index is 1.43. The van der Waals surface area contributed by atoms with Crippen LogP contribution in [0.3, 0.4) is 0 Å². The van der Waals surface area contributed by atoms with Crippen molar-refractivity contribution >= 4 is 11.6 Å². The van der Waals surface area contributed by atoms with Crippen LogP contribution in [0.2, 0.25) is 0 Å². The van der Waals surface area contributed by atoms with Gasteiger partial charge in [-0.25, -0.2) is 0 Å². The number of hydrogen-bond acceptors (Lipinski definition) is 2. The molecule has 0 spiro atoms. The predicted octanol–water partition coefficient (Wildman–Crippen LogP) is 4.16. The molecular weight excluding hydrogens is 372 g/mol. The van der Waals surface area contributed by atoms with Gasteiger partial charge >= 0.3 is 0 Å². The Morgan fingerprint density at radius 1 is 0.833 bits per heavy atom. The molecule has 1 atom stereocenters. The molecule has 1 amide bonds. The van der Waals surface area contributed by atoms with Crippen LogP contribution in [-0.4, -0.2) is 12.5 Å². The first kappa shape index (κ1) is 19.7. The first-order valence-electron chi connectivity index (χ1n) is 10.1. The fraction of sp³-hybridized carbons (Fsp3) is 0.115. The maximum absolute atomic E-state index is 12.7. The fourth-order valence-corrected chi connectivity index (χ4v) is 3.58. The summed E-state index contributed by atoms with van der Waals surface area (Å²) in [5, 5.41) is 5.09. The van der Waals surface area contributed by atoms with Gasteiger partial charge in [-0.05, 0) is 35.7 Å². The van der Waals surface area contributed by atoms with E-state index < -0.39 is 0 Å². The first-order valence-corrected chi connectivity index (χ1v) is 10.1. The number of carbonyl (C=O) groups excluding carboxylic acids is 1. The van der Waals surface area contributed by atoms with Gasteiger partial charge in [0.15, 0.2) is 18.3 Å². The summed E-state index contributed by atoms with van der Waals surface area (Å²) in [5.41, 5.74) is 4.27. The molecule has 4 aromatic rings. The van der Waals surface area contributed by atoms with Crippen molar-refractivity contribution in [3.8, 4) is 0 Å². The van der Waals surface area contributed by atoms with Crippen LogP contribution < -0.4 is 10.6 Å². The van der Waals surface area contributed by atoms with Gasteiger partial charge < -0.3 is 15.1 Å². The van der Waals surface area contributed by atoms with E-state index in [-0.39, 0.29) is 11.9 Å². The minimum atomic E-state index is -0.0634.